The maximum atomic E-state index is 12.8. The average Bonchev–Trinajstić information content (AvgIpc) is 3.33. The summed E-state index contributed by atoms with van der Waals surface area (Å²) < 4.78 is 53.7. The van der Waals surface area contributed by atoms with Gasteiger partial charge in [0.25, 0.3) is 0 Å². The van der Waals surface area contributed by atoms with Gasteiger partial charge in [0.1, 0.15) is 11.5 Å². The van der Waals surface area contributed by atoms with Crippen LogP contribution in [0.2, 0.25) is 0 Å². The second-order valence-corrected chi connectivity index (χ2v) is 13.7. The van der Waals surface area contributed by atoms with E-state index in [1.54, 1.807) is 41.1 Å². The summed E-state index contributed by atoms with van der Waals surface area (Å²) in [6.45, 7) is 8.48. The minimum absolute atomic E-state index is 0.0583. The minimum Gasteiger partial charge on any atom is -0.508 e. The third-order valence-corrected chi connectivity index (χ3v) is 8.55. The van der Waals surface area contributed by atoms with Crippen LogP contribution in [0.3, 0.4) is 0 Å². The van der Waals surface area contributed by atoms with Gasteiger partial charge in [0.2, 0.25) is 0 Å². The van der Waals surface area contributed by atoms with E-state index in [1.165, 1.54) is 26.4 Å². The maximum absolute atomic E-state index is 12.8. The fourth-order valence-electron chi connectivity index (χ4n) is 5.62. The molecule has 4 rings (SSSR count). The van der Waals surface area contributed by atoms with Crippen LogP contribution in [0, 0.1) is 10.8 Å². The number of carbonyl (C=O) groups is 3. The third-order valence-electron chi connectivity index (χ3n) is 8.55. The number of phenols is 1. The van der Waals surface area contributed by atoms with Crippen LogP contribution < -0.4 is 4.74 Å². The van der Waals surface area contributed by atoms with E-state index in [0.717, 1.165) is 23.3 Å². The second kappa shape index (κ2) is 16.8. The van der Waals surface area contributed by atoms with E-state index in [0.29, 0.717) is 43.7 Å². The molecule has 0 radical (unpaired) electrons. The van der Waals surface area contributed by atoms with E-state index in [4.69, 9.17) is 19.3 Å². The molecule has 2 amide bonds. The van der Waals surface area contributed by atoms with E-state index in [2.05, 4.69) is 0 Å². The number of ether oxygens (including phenoxy) is 3. The van der Waals surface area contributed by atoms with E-state index in [1.807, 2.05) is 52.0 Å². The van der Waals surface area contributed by atoms with Gasteiger partial charge in [-0.15, -0.1) is 0 Å². The molecule has 1 atom stereocenters. The first-order chi connectivity index (χ1) is 23.4. The van der Waals surface area contributed by atoms with Gasteiger partial charge in [-0.3, -0.25) is 9.59 Å². The zero-order valence-corrected chi connectivity index (χ0v) is 29.7. The molecule has 0 saturated carbocycles. The highest BCUT2D eigenvalue weighted by molar-refractivity contribution is 5.77. The zero-order chi connectivity index (χ0) is 37.3. The van der Waals surface area contributed by atoms with Crippen LogP contribution in [-0.2, 0) is 44.6 Å². The van der Waals surface area contributed by atoms with Crippen LogP contribution >= 0.6 is 0 Å². The topological polar surface area (TPSA) is 106 Å². The number of aromatic hydroxyl groups is 1. The molecule has 1 N–H and O–H groups in total. The van der Waals surface area contributed by atoms with Crippen LogP contribution in [-0.4, -0.2) is 73.3 Å². The lowest BCUT2D eigenvalue weighted by molar-refractivity contribution is -0.151. The van der Waals surface area contributed by atoms with Crippen LogP contribution in [0.15, 0.2) is 72.8 Å². The van der Waals surface area contributed by atoms with Crippen LogP contribution in [0.4, 0.5) is 18.0 Å². The van der Waals surface area contributed by atoms with Gasteiger partial charge in [-0.1, -0.05) is 36.4 Å². The Labute approximate surface area is 291 Å². The van der Waals surface area contributed by atoms with E-state index >= 15 is 0 Å². The molecule has 3 aromatic rings. The summed E-state index contributed by atoms with van der Waals surface area (Å²) in [6.07, 6.45) is -2.63. The number of hydrogen-bond donors (Lipinski definition) is 1. The van der Waals surface area contributed by atoms with Crippen molar-refractivity contribution < 1.29 is 46.9 Å². The number of rotatable bonds is 12. The minimum atomic E-state index is -4.38. The largest absolute Gasteiger partial charge is 0.508 e. The fraction of sp³-hybridized carbons (Fsp3) is 0.447. The molecule has 9 nitrogen and oxygen atoms in total. The molecule has 50 heavy (non-hydrogen) atoms. The summed E-state index contributed by atoms with van der Waals surface area (Å²) in [4.78, 5) is 39.2. The highest BCUT2D eigenvalue weighted by atomic mass is 19.4. The number of carbonyl (C=O) groups excluding carboxylic acids is 3. The summed E-state index contributed by atoms with van der Waals surface area (Å²) in [5.74, 6) is 0.434. The van der Waals surface area contributed by atoms with Crippen molar-refractivity contribution in [3.05, 3.63) is 95.1 Å². The summed E-state index contributed by atoms with van der Waals surface area (Å²) in [6, 6.07) is 19.0. The quantitative estimate of drug-likeness (QED) is 0.198. The SMILES string of the molecule is COC(=O)C(C)(C)Cc1ccc(O)cc1.COC(=O)C(C)(C)Cc1ccc(OCCC2CN(Cc3ccc(C(F)(F)F)cc3)C(=O)N2C)cc1. The van der Waals surface area contributed by atoms with Crippen molar-refractivity contribution in [2.24, 2.45) is 10.8 Å². The summed E-state index contributed by atoms with van der Waals surface area (Å²) >= 11 is 0. The van der Waals surface area contributed by atoms with E-state index < -0.39 is 22.6 Å². The summed E-state index contributed by atoms with van der Waals surface area (Å²) in [7, 11) is 4.49. The molecule has 0 aliphatic carbocycles. The van der Waals surface area contributed by atoms with Gasteiger partial charge in [-0.05, 0) is 93.6 Å². The number of nitrogens with zero attached hydrogens (tertiary/aromatic N) is 2. The standard InChI is InChI=1S/C26H31F3N2O4.C12H16O3/c1-25(2,23(32)34-4)15-18-7-11-22(12-8-18)35-14-13-21-17-31(24(33)30(21)3)16-19-5-9-20(10-6-19)26(27,28)29;1-12(2,11(14)15-3)8-9-4-6-10(13)7-5-9/h5-12,21H,13-17H2,1-4H3;4-7,13H,8H2,1-3H3. The monoisotopic (exact) mass is 700 g/mol. The summed E-state index contributed by atoms with van der Waals surface area (Å²) in [5, 5.41) is 9.12. The normalized spacial score (nSPS) is 14.9. The number of alkyl halides is 3. The molecule has 1 saturated heterocycles. The molecular weight excluding hydrogens is 653 g/mol. The maximum Gasteiger partial charge on any atom is 0.416 e. The smallest absolute Gasteiger partial charge is 0.416 e. The average molecular weight is 701 g/mol. The third kappa shape index (κ3) is 11.1. The second-order valence-electron chi connectivity index (χ2n) is 13.7. The zero-order valence-electron chi connectivity index (χ0n) is 29.7. The fourth-order valence-corrected chi connectivity index (χ4v) is 5.62. The molecule has 1 unspecified atom stereocenters. The molecule has 1 aliphatic heterocycles. The predicted octanol–water partition coefficient (Wildman–Crippen LogP) is 7.29. The first kappa shape index (κ1) is 39.7. The van der Waals surface area contributed by atoms with Gasteiger partial charge >= 0.3 is 24.1 Å². The van der Waals surface area contributed by atoms with Crippen molar-refractivity contribution in [2.75, 3.05) is 34.4 Å². The van der Waals surface area contributed by atoms with Crippen LogP contribution in [0.5, 0.6) is 11.5 Å². The highest BCUT2D eigenvalue weighted by Crippen LogP contribution is 2.30. The number of esters is 2. The lowest BCUT2D eigenvalue weighted by atomic mass is 9.86. The van der Waals surface area contributed by atoms with Gasteiger partial charge < -0.3 is 29.1 Å². The van der Waals surface area contributed by atoms with Crippen molar-refractivity contribution in [1.82, 2.24) is 9.80 Å². The number of likely N-dealkylation sites (N-methyl/N-ethyl adjacent to an activating group) is 1. The van der Waals surface area contributed by atoms with Gasteiger partial charge in [0.15, 0.2) is 0 Å². The number of urea groups is 1. The van der Waals surface area contributed by atoms with Gasteiger partial charge in [-0.25, -0.2) is 4.79 Å². The molecule has 0 bridgehead atoms. The lowest BCUT2D eigenvalue weighted by Crippen LogP contribution is -2.31. The van der Waals surface area contributed by atoms with Crippen molar-refractivity contribution in [1.29, 1.82) is 0 Å². The molecule has 1 heterocycles. The van der Waals surface area contributed by atoms with E-state index in [9.17, 15) is 27.6 Å². The Bertz CT molecular complexity index is 1570. The van der Waals surface area contributed by atoms with Crippen molar-refractivity contribution in [3.63, 3.8) is 0 Å². The Hall–Kier alpha value is -4.74. The van der Waals surface area contributed by atoms with Crippen LogP contribution in [0.25, 0.3) is 0 Å². The Balaban J connectivity index is 0.000000376. The van der Waals surface area contributed by atoms with Crippen molar-refractivity contribution >= 4 is 18.0 Å². The van der Waals surface area contributed by atoms with Crippen molar-refractivity contribution in [2.45, 2.75) is 65.7 Å². The number of phenolic OH excluding ortho intramolecular Hbond substituents is 1. The number of amides is 2. The highest BCUT2D eigenvalue weighted by Gasteiger charge is 2.35. The first-order valence-corrected chi connectivity index (χ1v) is 16.2. The summed E-state index contributed by atoms with van der Waals surface area (Å²) in [5.41, 5.74) is 0.777. The molecule has 0 spiro atoms. The number of benzene rings is 3. The predicted molar refractivity (Wildman–Crippen MR) is 182 cm³/mol. The molecule has 0 aromatic heterocycles. The van der Waals surface area contributed by atoms with Crippen molar-refractivity contribution in [3.8, 4) is 11.5 Å². The van der Waals surface area contributed by atoms with Crippen LogP contribution in [0.1, 0.15) is 56.4 Å². The molecule has 3 aromatic carbocycles. The molecule has 12 heteroatoms. The molecular formula is C38H47F3N2O7. The van der Waals surface area contributed by atoms with Gasteiger partial charge in [0, 0.05) is 26.6 Å². The number of halogens is 3. The van der Waals surface area contributed by atoms with Gasteiger partial charge in [0.05, 0.1) is 43.3 Å². The number of methoxy groups -OCH3 is 2. The number of hydrogen-bond acceptors (Lipinski definition) is 7. The Morgan fingerprint density at radius 2 is 1.24 bits per heavy atom. The molecule has 1 fully saturated rings. The first-order valence-electron chi connectivity index (χ1n) is 16.2. The van der Waals surface area contributed by atoms with Gasteiger partial charge in [-0.2, -0.15) is 13.2 Å². The van der Waals surface area contributed by atoms with E-state index in [-0.39, 0.29) is 36.3 Å². The Kier molecular flexibility index (Phi) is 13.3. The lowest BCUT2D eigenvalue weighted by Gasteiger charge is -2.21. The Morgan fingerprint density at radius 3 is 1.70 bits per heavy atom. The Morgan fingerprint density at radius 1 is 0.780 bits per heavy atom. The molecule has 1 aliphatic rings. The molecule has 272 valence electrons.